The van der Waals surface area contributed by atoms with Crippen molar-refractivity contribution in [1.82, 2.24) is 15.2 Å². The molecule has 2 aromatic carbocycles. The zero-order valence-electron chi connectivity index (χ0n) is 19.8. The number of anilines is 1. The Labute approximate surface area is 214 Å². The van der Waals surface area contributed by atoms with Gasteiger partial charge in [-0.1, -0.05) is 12.1 Å². The molecular formula is C27H21N5O4S. The third-order valence-corrected chi connectivity index (χ3v) is 6.84. The molecule has 0 saturated carbocycles. The number of aromatic amines is 2. The van der Waals surface area contributed by atoms with Gasteiger partial charge in [0.15, 0.2) is 23.3 Å². The van der Waals surface area contributed by atoms with Gasteiger partial charge in [-0.15, -0.1) is 11.3 Å². The molecule has 0 aliphatic rings. The second-order valence-electron chi connectivity index (χ2n) is 8.40. The van der Waals surface area contributed by atoms with E-state index in [1.807, 2.05) is 6.92 Å². The van der Waals surface area contributed by atoms with Crippen molar-refractivity contribution in [3.05, 3.63) is 92.8 Å². The first-order valence-electron chi connectivity index (χ1n) is 11.3. The number of thiophene rings is 1. The monoisotopic (exact) mass is 511 g/mol. The third-order valence-electron chi connectivity index (χ3n) is 5.66. The molecule has 0 fully saturated rings. The Morgan fingerprint density at radius 1 is 1.03 bits per heavy atom. The largest absolute Gasteiger partial charge is 0.494 e. The number of aliphatic imine (C=N–C) groups is 1. The molecule has 10 heteroatoms. The van der Waals surface area contributed by atoms with Crippen LogP contribution in [0.3, 0.4) is 0 Å². The number of nitrogens with one attached hydrogen (secondary N) is 3. The van der Waals surface area contributed by atoms with E-state index in [1.165, 1.54) is 13.1 Å². The first-order valence-corrected chi connectivity index (χ1v) is 12.1. The van der Waals surface area contributed by atoms with Gasteiger partial charge in [-0.05, 0) is 56.3 Å². The number of aromatic nitrogens is 3. The van der Waals surface area contributed by atoms with Gasteiger partial charge in [0, 0.05) is 45.7 Å². The van der Waals surface area contributed by atoms with Crippen molar-refractivity contribution in [2.45, 2.75) is 13.8 Å². The summed E-state index contributed by atoms with van der Waals surface area (Å²) >= 11 is 1.12. The number of carbonyl (C=O) groups excluding carboxylic acids is 3. The molecule has 3 heterocycles. The lowest BCUT2D eigenvalue weighted by atomic mass is 10.0. The number of fused-ring (bicyclic) bond motifs is 1. The number of aryl methyl sites for hydroxylation is 1. The molecule has 9 nitrogen and oxygen atoms in total. The number of rotatable bonds is 7. The molecule has 0 atom stereocenters. The van der Waals surface area contributed by atoms with Crippen molar-refractivity contribution >= 4 is 57.4 Å². The van der Waals surface area contributed by atoms with E-state index in [0.29, 0.717) is 48.9 Å². The molecule has 0 spiro atoms. The van der Waals surface area contributed by atoms with E-state index in [2.05, 4.69) is 25.5 Å². The topological polar surface area (TPSA) is 140 Å². The van der Waals surface area contributed by atoms with Gasteiger partial charge in [-0.2, -0.15) is 5.10 Å². The van der Waals surface area contributed by atoms with Crippen LogP contribution >= 0.6 is 11.3 Å². The number of hydrogen-bond donors (Lipinski definition) is 4. The molecule has 37 heavy (non-hydrogen) atoms. The normalized spacial score (nSPS) is 11.3. The van der Waals surface area contributed by atoms with Gasteiger partial charge in [0.2, 0.25) is 0 Å². The first-order chi connectivity index (χ1) is 17.8. The average Bonchev–Trinajstić information content (AvgIpc) is 3.60. The highest BCUT2D eigenvalue weighted by Gasteiger charge is 2.16. The number of carbonyl (C=O) groups is 3. The quantitative estimate of drug-likeness (QED) is 0.171. The maximum atomic E-state index is 13.3. The van der Waals surface area contributed by atoms with Gasteiger partial charge in [-0.25, -0.2) is 4.99 Å². The summed E-state index contributed by atoms with van der Waals surface area (Å²) in [6, 6.07) is 16.7. The van der Waals surface area contributed by atoms with Crippen LogP contribution in [0.15, 0.2) is 65.7 Å². The Kier molecular flexibility index (Phi) is 6.24. The van der Waals surface area contributed by atoms with Crippen molar-refractivity contribution in [1.29, 1.82) is 0 Å². The molecule has 3 aromatic heterocycles. The number of Topliss-reactive ketones (excluding diaryl/α,β-unsaturated/α-hetero) is 1. The summed E-state index contributed by atoms with van der Waals surface area (Å²) in [5.41, 5.74) is 3.19. The fourth-order valence-corrected chi connectivity index (χ4v) is 4.61. The molecule has 0 bridgehead atoms. The zero-order chi connectivity index (χ0) is 26.1. The van der Waals surface area contributed by atoms with Crippen molar-refractivity contribution in [2.24, 2.45) is 4.99 Å². The highest BCUT2D eigenvalue weighted by Crippen LogP contribution is 2.28. The Morgan fingerprint density at radius 3 is 2.54 bits per heavy atom. The van der Waals surface area contributed by atoms with Gasteiger partial charge in [-0.3, -0.25) is 19.5 Å². The molecule has 5 aromatic rings. The van der Waals surface area contributed by atoms with Crippen molar-refractivity contribution in [2.75, 3.05) is 5.32 Å². The summed E-state index contributed by atoms with van der Waals surface area (Å²) < 4.78 is 0. The number of nitrogens with zero attached hydrogens (tertiary/aromatic N) is 2. The summed E-state index contributed by atoms with van der Waals surface area (Å²) in [5.74, 6) is -0.309. The molecule has 0 aliphatic heterocycles. The van der Waals surface area contributed by atoms with Crippen LogP contribution in [0.1, 0.15) is 53.4 Å². The van der Waals surface area contributed by atoms with Crippen LogP contribution < -0.4 is 5.32 Å². The number of H-pyrrole nitrogens is 2. The summed E-state index contributed by atoms with van der Waals surface area (Å²) in [7, 11) is 0. The van der Waals surface area contributed by atoms with E-state index in [-0.39, 0.29) is 23.4 Å². The minimum Gasteiger partial charge on any atom is -0.494 e. The lowest BCUT2D eigenvalue weighted by molar-refractivity contribution is 0.101. The smallest absolute Gasteiger partial charge is 0.265 e. The average molecular weight is 512 g/mol. The SMILES string of the molecule is CC(=O)c1ccc(C(=O)Nc2cccc(C(=O)c3ccc4[nH]c(O)c(C=Nc5cc(C)[nH]n5)c4c3)c2)s1. The van der Waals surface area contributed by atoms with Gasteiger partial charge in [0.05, 0.1) is 15.3 Å². The number of amides is 1. The van der Waals surface area contributed by atoms with E-state index in [9.17, 15) is 19.5 Å². The fraction of sp³-hybridized carbons (Fsp3) is 0.0741. The summed E-state index contributed by atoms with van der Waals surface area (Å²) in [6.45, 7) is 3.31. The van der Waals surface area contributed by atoms with Gasteiger partial charge < -0.3 is 15.4 Å². The van der Waals surface area contributed by atoms with Gasteiger partial charge >= 0.3 is 0 Å². The van der Waals surface area contributed by atoms with E-state index in [4.69, 9.17) is 0 Å². The predicted molar refractivity (Wildman–Crippen MR) is 143 cm³/mol. The maximum absolute atomic E-state index is 13.3. The molecule has 0 saturated heterocycles. The van der Waals surface area contributed by atoms with Crippen LogP contribution in [-0.4, -0.2) is 44.0 Å². The van der Waals surface area contributed by atoms with Crippen molar-refractivity contribution in [3.63, 3.8) is 0 Å². The molecular weight excluding hydrogens is 490 g/mol. The maximum Gasteiger partial charge on any atom is 0.265 e. The second-order valence-corrected chi connectivity index (χ2v) is 9.48. The highest BCUT2D eigenvalue weighted by molar-refractivity contribution is 7.16. The predicted octanol–water partition coefficient (Wildman–Crippen LogP) is 5.40. The van der Waals surface area contributed by atoms with E-state index >= 15 is 0 Å². The van der Waals surface area contributed by atoms with Crippen LogP contribution in [0.25, 0.3) is 10.9 Å². The second kappa shape index (κ2) is 9.67. The molecule has 4 N–H and O–H groups in total. The van der Waals surface area contributed by atoms with E-state index in [1.54, 1.807) is 60.7 Å². The molecule has 184 valence electrons. The van der Waals surface area contributed by atoms with Crippen LogP contribution in [0, 0.1) is 6.92 Å². The molecule has 1 amide bonds. The Balaban J connectivity index is 1.40. The lowest BCUT2D eigenvalue weighted by Gasteiger charge is -2.07. The van der Waals surface area contributed by atoms with Crippen LogP contribution in [0.4, 0.5) is 11.5 Å². The molecule has 5 rings (SSSR count). The molecule has 0 aliphatic carbocycles. The van der Waals surface area contributed by atoms with E-state index < -0.39 is 0 Å². The van der Waals surface area contributed by atoms with Crippen molar-refractivity contribution < 1.29 is 19.5 Å². The number of hydrogen-bond acceptors (Lipinski definition) is 7. The van der Waals surface area contributed by atoms with E-state index in [0.717, 1.165) is 17.0 Å². The number of benzene rings is 2. The van der Waals surface area contributed by atoms with Crippen LogP contribution in [0.5, 0.6) is 5.88 Å². The molecule has 0 radical (unpaired) electrons. The first kappa shape index (κ1) is 23.9. The van der Waals surface area contributed by atoms with Crippen LogP contribution in [0.2, 0.25) is 0 Å². The third kappa shape index (κ3) is 4.95. The zero-order valence-corrected chi connectivity index (χ0v) is 20.6. The molecule has 0 unspecified atom stereocenters. The minimum absolute atomic E-state index is 0.0678. The Morgan fingerprint density at radius 2 is 1.81 bits per heavy atom. The lowest BCUT2D eigenvalue weighted by Crippen LogP contribution is -2.11. The standard InChI is InChI=1S/C27H21N5O4S/c1-14-10-24(32-31-14)28-13-20-19-12-17(6-7-21(19)30-26(20)35)25(34)16-4-3-5-18(11-16)29-27(36)23-9-8-22(37-23)15(2)33/h3-13,30,35H,1-2H3,(H,29,36)(H,31,32). The van der Waals surface area contributed by atoms with Gasteiger partial charge in [0.1, 0.15) is 0 Å². The Hall–Kier alpha value is -4.83. The van der Waals surface area contributed by atoms with Crippen LogP contribution in [-0.2, 0) is 0 Å². The highest BCUT2D eigenvalue weighted by atomic mass is 32.1. The summed E-state index contributed by atoms with van der Waals surface area (Å²) in [6.07, 6.45) is 1.50. The summed E-state index contributed by atoms with van der Waals surface area (Å²) in [4.78, 5) is 45.5. The number of aromatic hydroxyl groups is 1. The summed E-state index contributed by atoms with van der Waals surface area (Å²) in [5, 5.41) is 20.7. The Bertz CT molecular complexity index is 1710. The minimum atomic E-state index is -0.359. The van der Waals surface area contributed by atoms with Gasteiger partial charge in [0.25, 0.3) is 5.91 Å². The number of ketones is 2. The van der Waals surface area contributed by atoms with Crippen molar-refractivity contribution in [3.8, 4) is 5.88 Å². The fourth-order valence-electron chi connectivity index (χ4n) is 3.82.